The number of carbonyl (C=O) groups excluding carboxylic acids is 2. The van der Waals surface area contributed by atoms with Crippen LogP contribution < -0.4 is 9.47 Å². The highest BCUT2D eigenvalue weighted by Gasteiger charge is 2.26. The van der Waals surface area contributed by atoms with E-state index in [9.17, 15) is 9.59 Å². The number of nitrogens with zero attached hydrogens (tertiary/aromatic N) is 1. The van der Waals surface area contributed by atoms with E-state index in [0.717, 1.165) is 40.6 Å². The minimum Gasteiger partial charge on any atom is -0.493 e. The first kappa shape index (κ1) is 24.3. The van der Waals surface area contributed by atoms with E-state index in [4.69, 9.17) is 19.2 Å². The highest BCUT2D eigenvalue weighted by molar-refractivity contribution is 6.08. The first-order valence-electron chi connectivity index (χ1n) is 12.2. The van der Waals surface area contributed by atoms with E-state index < -0.39 is 5.97 Å². The van der Waals surface area contributed by atoms with Gasteiger partial charge in [0.2, 0.25) is 0 Å². The molecular weight excluding hydrogens is 466 g/mol. The summed E-state index contributed by atoms with van der Waals surface area (Å²) in [5.74, 6) is 0.557. The van der Waals surface area contributed by atoms with E-state index >= 15 is 0 Å². The second-order valence-electron chi connectivity index (χ2n) is 8.83. The lowest BCUT2D eigenvalue weighted by Gasteiger charge is -2.22. The summed E-state index contributed by atoms with van der Waals surface area (Å²) in [6, 6.07) is 22.1. The van der Waals surface area contributed by atoms with E-state index in [0.29, 0.717) is 34.6 Å². The number of hydrogen-bond acceptors (Lipinski definition) is 6. The van der Waals surface area contributed by atoms with Crippen molar-refractivity contribution in [2.45, 2.75) is 19.3 Å². The van der Waals surface area contributed by atoms with Crippen LogP contribution in [0.5, 0.6) is 11.5 Å². The zero-order valence-electron chi connectivity index (χ0n) is 20.8. The standard InChI is InChI=1S/C31H27NO5/c1-35-27-16-15-20(18-28(27)36-2)17-22-11-8-13-24-29(23-12-6-7-14-25(23)32-30(22)24)31(34)37-19-26(33)21-9-4-3-5-10-21/h3-7,9-10,12,14-18H,8,11,13,19H2,1-2H3. The van der Waals surface area contributed by atoms with Gasteiger partial charge in [-0.15, -0.1) is 0 Å². The molecule has 6 nitrogen and oxygen atoms in total. The molecule has 186 valence electrons. The second-order valence-corrected chi connectivity index (χ2v) is 8.83. The number of allylic oxidation sites excluding steroid dienone is 1. The Morgan fingerprint density at radius 1 is 0.892 bits per heavy atom. The number of methoxy groups -OCH3 is 2. The Hall–Kier alpha value is -4.45. The summed E-state index contributed by atoms with van der Waals surface area (Å²) in [5, 5.41) is 0.728. The molecule has 0 saturated heterocycles. The third-order valence-corrected chi connectivity index (χ3v) is 6.55. The number of fused-ring (bicyclic) bond motifs is 2. The summed E-state index contributed by atoms with van der Waals surface area (Å²) in [6.45, 7) is -0.317. The van der Waals surface area contributed by atoms with Gasteiger partial charge in [0.15, 0.2) is 23.9 Å². The maximum atomic E-state index is 13.4. The Morgan fingerprint density at radius 3 is 2.43 bits per heavy atom. The van der Waals surface area contributed by atoms with Gasteiger partial charge in [0.25, 0.3) is 0 Å². The number of ether oxygens (including phenoxy) is 3. The van der Waals surface area contributed by atoms with Gasteiger partial charge in [-0.05, 0) is 60.2 Å². The van der Waals surface area contributed by atoms with E-state index in [-0.39, 0.29) is 12.4 Å². The smallest absolute Gasteiger partial charge is 0.339 e. The maximum Gasteiger partial charge on any atom is 0.339 e. The summed E-state index contributed by atoms with van der Waals surface area (Å²) in [4.78, 5) is 31.0. The van der Waals surface area contributed by atoms with Crippen LogP contribution in [0.1, 0.15) is 50.4 Å². The molecule has 0 saturated carbocycles. The molecule has 0 spiro atoms. The van der Waals surface area contributed by atoms with Gasteiger partial charge in [0, 0.05) is 10.9 Å². The van der Waals surface area contributed by atoms with Crippen molar-refractivity contribution in [2.75, 3.05) is 20.8 Å². The number of hydrogen-bond donors (Lipinski definition) is 0. The summed E-state index contributed by atoms with van der Waals surface area (Å²) in [6.07, 6.45) is 4.48. The van der Waals surface area contributed by atoms with Gasteiger partial charge in [-0.25, -0.2) is 9.78 Å². The van der Waals surface area contributed by atoms with Crippen molar-refractivity contribution in [1.29, 1.82) is 0 Å². The quantitative estimate of drug-likeness (QED) is 0.226. The zero-order valence-corrected chi connectivity index (χ0v) is 20.8. The molecular formula is C31H27NO5. The molecule has 0 amide bonds. The van der Waals surface area contributed by atoms with Crippen LogP contribution in [0.4, 0.5) is 0 Å². The van der Waals surface area contributed by atoms with Crippen LogP contribution in [0.3, 0.4) is 0 Å². The van der Waals surface area contributed by atoms with Crippen molar-refractivity contribution in [2.24, 2.45) is 0 Å². The maximum absolute atomic E-state index is 13.4. The number of benzene rings is 3. The number of Topliss-reactive ketones (excluding diaryl/α,β-unsaturated/α-hetero) is 1. The topological polar surface area (TPSA) is 74.7 Å². The van der Waals surface area contributed by atoms with Crippen LogP contribution in [0, 0.1) is 0 Å². The normalized spacial score (nSPS) is 13.7. The summed E-state index contributed by atoms with van der Waals surface area (Å²) in [5.41, 5.74) is 5.34. The van der Waals surface area contributed by atoms with Gasteiger partial charge in [-0.3, -0.25) is 4.79 Å². The SMILES string of the molecule is COc1ccc(C=C2CCCc3c2nc2ccccc2c3C(=O)OCC(=O)c2ccccc2)cc1OC. The lowest BCUT2D eigenvalue weighted by atomic mass is 9.86. The number of rotatable bonds is 7. The molecule has 0 radical (unpaired) electrons. The van der Waals surface area contributed by atoms with Gasteiger partial charge in [0.05, 0.1) is 31.0 Å². The Morgan fingerprint density at radius 2 is 1.65 bits per heavy atom. The van der Waals surface area contributed by atoms with Crippen molar-refractivity contribution in [1.82, 2.24) is 4.98 Å². The average Bonchev–Trinajstić information content (AvgIpc) is 2.95. The molecule has 0 unspecified atom stereocenters. The van der Waals surface area contributed by atoms with Crippen molar-refractivity contribution < 1.29 is 23.8 Å². The molecule has 1 aliphatic rings. The van der Waals surface area contributed by atoms with Crippen molar-refractivity contribution in [3.8, 4) is 11.5 Å². The van der Waals surface area contributed by atoms with Crippen LogP contribution in [-0.4, -0.2) is 37.6 Å². The largest absolute Gasteiger partial charge is 0.493 e. The van der Waals surface area contributed by atoms with Crippen LogP contribution in [0.15, 0.2) is 72.8 Å². The monoisotopic (exact) mass is 493 g/mol. The molecule has 4 aromatic rings. The third kappa shape index (κ3) is 4.96. The molecule has 0 atom stereocenters. The lowest BCUT2D eigenvalue weighted by Crippen LogP contribution is -2.18. The molecule has 0 N–H and O–H groups in total. The van der Waals surface area contributed by atoms with Crippen molar-refractivity contribution in [3.05, 3.63) is 101 Å². The number of aromatic nitrogens is 1. The fourth-order valence-electron chi connectivity index (χ4n) is 4.76. The molecule has 1 aliphatic carbocycles. The third-order valence-electron chi connectivity index (χ3n) is 6.55. The van der Waals surface area contributed by atoms with Crippen molar-refractivity contribution >= 4 is 34.3 Å². The molecule has 0 aliphatic heterocycles. The van der Waals surface area contributed by atoms with Crippen LogP contribution in [0.25, 0.3) is 22.6 Å². The van der Waals surface area contributed by atoms with Gasteiger partial charge >= 0.3 is 5.97 Å². The minimum absolute atomic E-state index is 0.241. The van der Waals surface area contributed by atoms with Gasteiger partial charge in [0.1, 0.15) is 0 Å². The van der Waals surface area contributed by atoms with Crippen LogP contribution >= 0.6 is 0 Å². The number of para-hydroxylation sites is 1. The first-order chi connectivity index (χ1) is 18.1. The Balaban J connectivity index is 1.53. The van der Waals surface area contributed by atoms with E-state index in [1.165, 1.54) is 0 Å². The first-order valence-corrected chi connectivity index (χ1v) is 12.2. The second kappa shape index (κ2) is 10.7. The molecule has 6 heteroatoms. The number of ketones is 1. The van der Waals surface area contributed by atoms with Crippen LogP contribution in [0.2, 0.25) is 0 Å². The Bertz CT molecular complexity index is 1510. The zero-order chi connectivity index (χ0) is 25.8. The number of carbonyl (C=O) groups is 2. The molecule has 5 rings (SSSR count). The predicted molar refractivity (Wildman–Crippen MR) is 143 cm³/mol. The Labute approximate surface area is 215 Å². The number of pyridine rings is 1. The molecule has 3 aromatic carbocycles. The van der Waals surface area contributed by atoms with E-state index in [2.05, 4.69) is 6.08 Å². The molecule has 0 fully saturated rings. The van der Waals surface area contributed by atoms with Crippen LogP contribution in [-0.2, 0) is 11.2 Å². The predicted octanol–water partition coefficient (Wildman–Crippen LogP) is 6.17. The Kier molecular flexibility index (Phi) is 6.99. The fourth-order valence-corrected chi connectivity index (χ4v) is 4.76. The summed E-state index contributed by atoms with van der Waals surface area (Å²) in [7, 11) is 3.22. The highest BCUT2D eigenvalue weighted by atomic mass is 16.5. The van der Waals surface area contributed by atoms with Crippen molar-refractivity contribution in [3.63, 3.8) is 0 Å². The average molecular weight is 494 g/mol. The van der Waals surface area contributed by atoms with E-state index in [1.807, 2.05) is 48.5 Å². The number of esters is 1. The lowest BCUT2D eigenvalue weighted by molar-refractivity contribution is 0.0475. The fraction of sp³-hybridized carbons (Fsp3) is 0.194. The minimum atomic E-state index is -0.508. The van der Waals surface area contributed by atoms with E-state index in [1.54, 1.807) is 38.5 Å². The summed E-state index contributed by atoms with van der Waals surface area (Å²) >= 11 is 0. The molecule has 37 heavy (non-hydrogen) atoms. The van der Waals surface area contributed by atoms with Gasteiger partial charge in [-0.1, -0.05) is 54.6 Å². The highest BCUT2D eigenvalue weighted by Crippen LogP contribution is 2.37. The molecule has 1 heterocycles. The summed E-state index contributed by atoms with van der Waals surface area (Å²) < 4.78 is 16.4. The van der Waals surface area contributed by atoms with Gasteiger partial charge < -0.3 is 14.2 Å². The molecule has 1 aromatic heterocycles. The molecule has 0 bridgehead atoms. The van der Waals surface area contributed by atoms with Gasteiger partial charge in [-0.2, -0.15) is 0 Å².